The summed E-state index contributed by atoms with van der Waals surface area (Å²) in [5, 5.41) is 10.0. The molecule has 0 aromatic heterocycles. The van der Waals surface area contributed by atoms with E-state index in [1.807, 2.05) is 42.5 Å². The Kier molecular flexibility index (Phi) is 9.14. The largest absolute Gasteiger partial charge is 0.465 e. The van der Waals surface area contributed by atoms with Crippen LogP contribution in [0, 0.1) is 0 Å². The Morgan fingerprint density at radius 3 is 1.92 bits per heavy atom. The highest BCUT2D eigenvalue weighted by atomic mass is 16.6. The summed E-state index contributed by atoms with van der Waals surface area (Å²) in [4.78, 5) is 0. The fourth-order valence-electron chi connectivity index (χ4n) is 3.03. The molecule has 0 spiro atoms. The van der Waals surface area contributed by atoms with Crippen LogP contribution in [0.1, 0.15) is 64.7 Å². The van der Waals surface area contributed by atoms with Crippen LogP contribution in [0.5, 0.6) is 5.75 Å². The Morgan fingerprint density at radius 1 is 0.720 bits per heavy atom. The summed E-state index contributed by atoms with van der Waals surface area (Å²) in [5.74, 6) is 0.728. The second-order valence-electron chi connectivity index (χ2n) is 6.73. The molecule has 2 rings (SSSR count). The van der Waals surface area contributed by atoms with Gasteiger partial charge in [0.15, 0.2) is 6.29 Å². The summed E-state index contributed by atoms with van der Waals surface area (Å²) in [5.41, 5.74) is 2.35. The second kappa shape index (κ2) is 11.7. The molecule has 2 heteroatoms. The van der Waals surface area contributed by atoms with Crippen molar-refractivity contribution in [1.29, 1.82) is 0 Å². The van der Waals surface area contributed by atoms with Crippen LogP contribution >= 0.6 is 0 Å². The zero-order valence-corrected chi connectivity index (χ0v) is 15.5. The Labute approximate surface area is 152 Å². The molecule has 1 unspecified atom stereocenters. The Bertz CT molecular complexity index is 562. The maximum Gasteiger partial charge on any atom is 0.197 e. The van der Waals surface area contributed by atoms with E-state index in [0.29, 0.717) is 6.42 Å². The van der Waals surface area contributed by atoms with Crippen molar-refractivity contribution in [2.45, 2.75) is 71.0 Å². The molecule has 0 bridgehead atoms. The lowest BCUT2D eigenvalue weighted by atomic mass is 10.1. The molecule has 0 aliphatic rings. The van der Waals surface area contributed by atoms with Gasteiger partial charge in [0.1, 0.15) is 5.75 Å². The van der Waals surface area contributed by atoms with Crippen molar-refractivity contribution in [3.8, 4) is 16.9 Å². The van der Waals surface area contributed by atoms with Gasteiger partial charge in [-0.15, -0.1) is 0 Å². The van der Waals surface area contributed by atoms with Crippen LogP contribution in [0.3, 0.4) is 0 Å². The van der Waals surface area contributed by atoms with Crippen LogP contribution in [-0.4, -0.2) is 11.4 Å². The molecule has 0 heterocycles. The third-order valence-electron chi connectivity index (χ3n) is 4.54. The summed E-state index contributed by atoms with van der Waals surface area (Å²) >= 11 is 0. The number of hydrogen-bond acceptors (Lipinski definition) is 2. The van der Waals surface area contributed by atoms with E-state index in [9.17, 15) is 5.11 Å². The van der Waals surface area contributed by atoms with Gasteiger partial charge in [-0.1, -0.05) is 94.3 Å². The molecular weight excluding hydrogens is 308 g/mol. The van der Waals surface area contributed by atoms with Crippen LogP contribution in [0.4, 0.5) is 0 Å². The summed E-state index contributed by atoms with van der Waals surface area (Å²) < 4.78 is 5.62. The quantitative estimate of drug-likeness (QED) is 0.349. The van der Waals surface area contributed by atoms with Gasteiger partial charge in [0, 0.05) is 6.42 Å². The molecule has 0 aliphatic heterocycles. The summed E-state index contributed by atoms with van der Waals surface area (Å²) in [6.07, 6.45) is 10.2. The molecule has 2 nitrogen and oxygen atoms in total. The van der Waals surface area contributed by atoms with Gasteiger partial charge in [-0.2, -0.15) is 0 Å². The minimum atomic E-state index is -0.706. The number of benzene rings is 2. The molecule has 0 radical (unpaired) electrons. The predicted molar refractivity (Wildman–Crippen MR) is 106 cm³/mol. The average molecular weight is 341 g/mol. The van der Waals surface area contributed by atoms with E-state index in [-0.39, 0.29) is 0 Å². The van der Waals surface area contributed by atoms with Crippen molar-refractivity contribution in [2.24, 2.45) is 0 Å². The maximum absolute atomic E-state index is 10.0. The number of unbranched alkanes of at least 4 members (excludes halogenated alkanes) is 7. The number of aliphatic hydroxyl groups is 1. The van der Waals surface area contributed by atoms with Crippen molar-refractivity contribution >= 4 is 0 Å². The predicted octanol–water partition coefficient (Wildman–Crippen LogP) is 6.58. The lowest BCUT2D eigenvalue weighted by molar-refractivity contribution is -0.0246. The summed E-state index contributed by atoms with van der Waals surface area (Å²) in [6, 6.07) is 18.2. The Hall–Kier alpha value is -1.80. The molecule has 0 aliphatic carbocycles. The summed E-state index contributed by atoms with van der Waals surface area (Å²) in [6.45, 7) is 2.25. The molecule has 0 fully saturated rings. The second-order valence-corrected chi connectivity index (χ2v) is 6.73. The summed E-state index contributed by atoms with van der Waals surface area (Å²) in [7, 11) is 0. The first kappa shape index (κ1) is 19.5. The first-order chi connectivity index (χ1) is 12.3. The van der Waals surface area contributed by atoms with E-state index in [2.05, 4.69) is 19.1 Å². The molecule has 0 saturated carbocycles. The first-order valence-electron chi connectivity index (χ1n) is 9.80. The number of rotatable bonds is 12. The monoisotopic (exact) mass is 340 g/mol. The molecule has 25 heavy (non-hydrogen) atoms. The number of aliphatic hydroxyl groups excluding tert-OH is 1. The fourth-order valence-corrected chi connectivity index (χ4v) is 3.03. The van der Waals surface area contributed by atoms with E-state index < -0.39 is 6.29 Å². The Balaban J connectivity index is 1.63. The Morgan fingerprint density at radius 2 is 1.28 bits per heavy atom. The van der Waals surface area contributed by atoms with Gasteiger partial charge in [-0.3, -0.25) is 0 Å². The number of ether oxygens (including phenoxy) is 1. The smallest absolute Gasteiger partial charge is 0.197 e. The first-order valence-corrected chi connectivity index (χ1v) is 9.80. The molecule has 136 valence electrons. The topological polar surface area (TPSA) is 29.5 Å². The van der Waals surface area contributed by atoms with Gasteiger partial charge in [0.05, 0.1) is 0 Å². The van der Waals surface area contributed by atoms with E-state index in [4.69, 9.17) is 4.74 Å². The van der Waals surface area contributed by atoms with Crippen molar-refractivity contribution < 1.29 is 9.84 Å². The maximum atomic E-state index is 10.0. The zero-order chi connectivity index (χ0) is 17.7. The highest BCUT2D eigenvalue weighted by Crippen LogP contribution is 2.23. The normalized spacial score (nSPS) is 12.1. The van der Waals surface area contributed by atoms with Crippen LogP contribution in [0.15, 0.2) is 54.6 Å². The third kappa shape index (κ3) is 7.74. The zero-order valence-electron chi connectivity index (χ0n) is 15.5. The molecule has 2 aromatic carbocycles. The van der Waals surface area contributed by atoms with E-state index in [0.717, 1.165) is 17.7 Å². The minimum absolute atomic E-state index is 0.704. The average Bonchev–Trinajstić information content (AvgIpc) is 2.65. The van der Waals surface area contributed by atoms with Gasteiger partial charge >= 0.3 is 0 Å². The van der Waals surface area contributed by atoms with E-state index >= 15 is 0 Å². The fraction of sp³-hybridized carbons (Fsp3) is 0.478. The molecule has 0 amide bonds. The van der Waals surface area contributed by atoms with E-state index in [1.165, 1.54) is 50.5 Å². The van der Waals surface area contributed by atoms with Crippen molar-refractivity contribution in [2.75, 3.05) is 0 Å². The molecule has 1 N–H and O–H groups in total. The van der Waals surface area contributed by atoms with Crippen LogP contribution in [-0.2, 0) is 0 Å². The standard InChI is InChI=1S/C23H32O2/c1-2-3-4-5-6-7-8-12-15-23(24)25-22-18-16-21(17-19-22)20-13-10-9-11-14-20/h9-11,13-14,16-19,23-24H,2-8,12,15H2,1H3. The molecule has 2 aromatic rings. The lowest BCUT2D eigenvalue weighted by Gasteiger charge is -2.14. The van der Waals surface area contributed by atoms with Crippen LogP contribution in [0.25, 0.3) is 11.1 Å². The van der Waals surface area contributed by atoms with Crippen molar-refractivity contribution in [3.63, 3.8) is 0 Å². The van der Waals surface area contributed by atoms with Crippen LogP contribution in [0.2, 0.25) is 0 Å². The third-order valence-corrected chi connectivity index (χ3v) is 4.54. The lowest BCUT2D eigenvalue weighted by Crippen LogP contribution is -2.15. The number of hydrogen-bond donors (Lipinski definition) is 1. The van der Waals surface area contributed by atoms with Crippen molar-refractivity contribution in [3.05, 3.63) is 54.6 Å². The van der Waals surface area contributed by atoms with Gasteiger partial charge in [0.2, 0.25) is 0 Å². The van der Waals surface area contributed by atoms with Gasteiger partial charge in [-0.25, -0.2) is 0 Å². The highest BCUT2D eigenvalue weighted by molar-refractivity contribution is 5.63. The van der Waals surface area contributed by atoms with E-state index in [1.54, 1.807) is 0 Å². The van der Waals surface area contributed by atoms with Gasteiger partial charge in [0.25, 0.3) is 0 Å². The van der Waals surface area contributed by atoms with Gasteiger partial charge < -0.3 is 9.84 Å². The molecule has 1 atom stereocenters. The minimum Gasteiger partial charge on any atom is -0.465 e. The molecular formula is C23H32O2. The van der Waals surface area contributed by atoms with Crippen molar-refractivity contribution in [1.82, 2.24) is 0 Å². The molecule has 0 saturated heterocycles. The van der Waals surface area contributed by atoms with Gasteiger partial charge in [-0.05, 0) is 29.7 Å². The highest BCUT2D eigenvalue weighted by Gasteiger charge is 2.06. The van der Waals surface area contributed by atoms with Crippen LogP contribution < -0.4 is 4.74 Å². The SMILES string of the molecule is CCCCCCCCCCC(O)Oc1ccc(-c2ccccc2)cc1.